The topological polar surface area (TPSA) is 23.6 Å². The number of rotatable bonds is 6. The molecule has 1 aliphatic carbocycles. The second kappa shape index (κ2) is 7.49. The number of fused-ring (bicyclic) bond motifs is 1. The van der Waals surface area contributed by atoms with Crippen molar-refractivity contribution in [2.45, 2.75) is 78.3 Å². The van der Waals surface area contributed by atoms with Crippen LogP contribution in [0, 0.1) is 11.3 Å². The van der Waals surface area contributed by atoms with Gasteiger partial charge in [-0.15, -0.1) is 0 Å². The molecule has 1 atom stereocenters. The first-order chi connectivity index (χ1) is 12.0. The van der Waals surface area contributed by atoms with Gasteiger partial charge in [0.15, 0.2) is 0 Å². The van der Waals surface area contributed by atoms with Gasteiger partial charge in [0.05, 0.1) is 5.41 Å². The summed E-state index contributed by atoms with van der Waals surface area (Å²) in [6.07, 6.45) is 17.6. The molecule has 0 aromatic rings. The van der Waals surface area contributed by atoms with Gasteiger partial charge in [-0.05, 0) is 71.1 Å². The van der Waals surface area contributed by atoms with Crippen LogP contribution in [-0.2, 0) is 4.79 Å². The number of carbonyl (C=O) groups is 1. The first-order valence-corrected chi connectivity index (χ1v) is 10.1. The van der Waals surface area contributed by atoms with Crippen LogP contribution >= 0.6 is 0 Å². The van der Waals surface area contributed by atoms with E-state index in [0.717, 1.165) is 18.7 Å². The Morgan fingerprint density at radius 1 is 1.12 bits per heavy atom. The summed E-state index contributed by atoms with van der Waals surface area (Å²) < 4.78 is 0. The molecule has 1 saturated carbocycles. The maximum atomic E-state index is 13.5. The number of amides is 1. The van der Waals surface area contributed by atoms with Crippen LogP contribution in [0.4, 0.5) is 0 Å². The van der Waals surface area contributed by atoms with Gasteiger partial charge < -0.3 is 0 Å². The predicted octanol–water partition coefficient (Wildman–Crippen LogP) is 4.87. The number of hydrogen-bond donors (Lipinski definition) is 0. The van der Waals surface area contributed by atoms with Crippen molar-refractivity contribution < 1.29 is 4.79 Å². The molecule has 138 valence electrons. The molecule has 25 heavy (non-hydrogen) atoms. The summed E-state index contributed by atoms with van der Waals surface area (Å²) in [6.45, 7) is 10.0. The molecule has 1 fully saturated rings. The zero-order valence-corrected chi connectivity index (χ0v) is 16.4. The molecular formula is C22H34N2O. The molecule has 0 aromatic heterocycles. The van der Waals surface area contributed by atoms with Crippen LogP contribution in [0.5, 0.6) is 0 Å². The van der Waals surface area contributed by atoms with E-state index in [1.54, 1.807) is 0 Å². The van der Waals surface area contributed by atoms with E-state index < -0.39 is 0 Å². The van der Waals surface area contributed by atoms with Gasteiger partial charge >= 0.3 is 0 Å². The third kappa shape index (κ3) is 3.48. The fraction of sp³-hybridized carbons (Fsp3) is 0.682. The van der Waals surface area contributed by atoms with E-state index in [2.05, 4.69) is 44.7 Å². The van der Waals surface area contributed by atoms with Crippen molar-refractivity contribution in [3.8, 4) is 0 Å². The summed E-state index contributed by atoms with van der Waals surface area (Å²) >= 11 is 0. The summed E-state index contributed by atoms with van der Waals surface area (Å²) in [5, 5.41) is 0. The summed E-state index contributed by atoms with van der Waals surface area (Å²) in [7, 11) is 0. The molecule has 0 radical (unpaired) electrons. The molecule has 0 bridgehead atoms. The van der Waals surface area contributed by atoms with Crippen molar-refractivity contribution in [1.82, 2.24) is 9.80 Å². The smallest absolute Gasteiger partial charge is 0.241 e. The van der Waals surface area contributed by atoms with Crippen molar-refractivity contribution in [3.63, 3.8) is 0 Å². The minimum atomic E-state index is -0.309. The number of allylic oxidation sites excluding steroid dienone is 3. The minimum Gasteiger partial charge on any atom is -0.298 e. The van der Waals surface area contributed by atoms with E-state index in [4.69, 9.17) is 0 Å². The van der Waals surface area contributed by atoms with E-state index in [1.165, 1.54) is 32.1 Å². The molecule has 3 rings (SSSR count). The Balaban J connectivity index is 1.88. The van der Waals surface area contributed by atoms with Gasteiger partial charge in [0.1, 0.15) is 0 Å². The Morgan fingerprint density at radius 3 is 2.40 bits per heavy atom. The fourth-order valence-corrected chi connectivity index (χ4v) is 5.03. The average molecular weight is 343 g/mol. The Labute approximate surface area is 153 Å². The first kappa shape index (κ1) is 18.4. The Kier molecular flexibility index (Phi) is 5.52. The first-order valence-electron chi connectivity index (χ1n) is 10.1. The standard InChI is InChI=1S/C22H34N2O/c1-17(2)23(18(3)4)15-13-22(19-10-6-5-7-11-19)16-20-12-8-9-14-24(20)21(22)25/h8-9,12,14,16-19H,5-7,10-11,13,15H2,1-4H3. The molecule has 3 nitrogen and oxygen atoms in total. The van der Waals surface area contributed by atoms with Crippen LogP contribution in [0.1, 0.15) is 66.2 Å². The van der Waals surface area contributed by atoms with Crippen LogP contribution in [0.2, 0.25) is 0 Å². The SMILES string of the molecule is CC(C)N(CCC1(C2CCCCC2)C=C2C=CC=CN2C1=O)C(C)C. The van der Waals surface area contributed by atoms with Crippen LogP contribution < -0.4 is 0 Å². The van der Waals surface area contributed by atoms with Crippen molar-refractivity contribution in [2.24, 2.45) is 11.3 Å². The van der Waals surface area contributed by atoms with E-state index in [0.29, 0.717) is 23.9 Å². The molecular weight excluding hydrogens is 308 g/mol. The van der Waals surface area contributed by atoms with E-state index in [-0.39, 0.29) is 5.41 Å². The van der Waals surface area contributed by atoms with Gasteiger partial charge in [0.25, 0.3) is 0 Å². The fourth-order valence-electron chi connectivity index (χ4n) is 5.03. The lowest BCUT2D eigenvalue weighted by Crippen LogP contribution is -2.45. The van der Waals surface area contributed by atoms with Crippen LogP contribution in [0.3, 0.4) is 0 Å². The maximum Gasteiger partial charge on any atom is 0.241 e. The second-order valence-corrected chi connectivity index (χ2v) is 8.50. The highest BCUT2D eigenvalue weighted by Crippen LogP contribution is 2.49. The van der Waals surface area contributed by atoms with E-state index >= 15 is 0 Å². The van der Waals surface area contributed by atoms with Crippen molar-refractivity contribution in [1.29, 1.82) is 0 Å². The molecule has 0 saturated heterocycles. The highest BCUT2D eigenvalue weighted by Gasteiger charge is 2.50. The van der Waals surface area contributed by atoms with Gasteiger partial charge in [0, 0.05) is 30.5 Å². The van der Waals surface area contributed by atoms with Crippen molar-refractivity contribution in [3.05, 3.63) is 36.2 Å². The number of nitrogens with zero attached hydrogens (tertiary/aromatic N) is 2. The molecule has 2 heterocycles. The molecule has 3 aliphatic rings. The zero-order chi connectivity index (χ0) is 18.0. The van der Waals surface area contributed by atoms with Crippen molar-refractivity contribution in [2.75, 3.05) is 6.54 Å². The number of carbonyl (C=O) groups excluding carboxylic acids is 1. The van der Waals surface area contributed by atoms with Crippen LogP contribution in [0.25, 0.3) is 0 Å². The van der Waals surface area contributed by atoms with Gasteiger partial charge in [0.2, 0.25) is 5.91 Å². The Bertz CT molecular complexity index is 573. The summed E-state index contributed by atoms with van der Waals surface area (Å²) in [6, 6.07) is 1.02. The maximum absolute atomic E-state index is 13.5. The molecule has 1 amide bonds. The third-order valence-corrected chi connectivity index (χ3v) is 6.36. The van der Waals surface area contributed by atoms with Gasteiger partial charge in [-0.1, -0.05) is 25.3 Å². The number of hydrogen-bond acceptors (Lipinski definition) is 2. The van der Waals surface area contributed by atoms with Gasteiger partial charge in [-0.25, -0.2) is 0 Å². The lowest BCUT2D eigenvalue weighted by molar-refractivity contribution is -0.137. The normalized spacial score (nSPS) is 26.9. The van der Waals surface area contributed by atoms with Gasteiger partial charge in [-0.3, -0.25) is 14.6 Å². The second-order valence-electron chi connectivity index (χ2n) is 8.50. The van der Waals surface area contributed by atoms with E-state index in [1.807, 2.05) is 23.3 Å². The largest absolute Gasteiger partial charge is 0.298 e. The van der Waals surface area contributed by atoms with Crippen molar-refractivity contribution >= 4 is 5.91 Å². The third-order valence-electron chi connectivity index (χ3n) is 6.36. The Morgan fingerprint density at radius 2 is 1.80 bits per heavy atom. The Hall–Kier alpha value is -1.35. The summed E-state index contributed by atoms with van der Waals surface area (Å²) in [5.74, 6) is 0.803. The monoisotopic (exact) mass is 342 g/mol. The molecule has 1 unspecified atom stereocenters. The predicted molar refractivity (Wildman–Crippen MR) is 104 cm³/mol. The van der Waals surface area contributed by atoms with Crippen LogP contribution in [0.15, 0.2) is 36.2 Å². The zero-order valence-electron chi connectivity index (χ0n) is 16.4. The lowest BCUT2D eigenvalue weighted by Gasteiger charge is -2.40. The molecule has 3 heteroatoms. The van der Waals surface area contributed by atoms with Gasteiger partial charge in [-0.2, -0.15) is 0 Å². The molecule has 0 N–H and O–H groups in total. The van der Waals surface area contributed by atoms with Crippen LogP contribution in [-0.4, -0.2) is 34.3 Å². The summed E-state index contributed by atoms with van der Waals surface area (Å²) in [5.41, 5.74) is 0.773. The minimum absolute atomic E-state index is 0.308. The average Bonchev–Trinajstić information content (AvgIpc) is 2.89. The highest BCUT2D eigenvalue weighted by atomic mass is 16.2. The molecule has 0 spiro atoms. The van der Waals surface area contributed by atoms with E-state index in [9.17, 15) is 4.79 Å². The lowest BCUT2D eigenvalue weighted by atomic mass is 9.66. The highest BCUT2D eigenvalue weighted by molar-refractivity contribution is 5.91. The summed E-state index contributed by atoms with van der Waals surface area (Å²) in [4.78, 5) is 17.9. The molecule has 0 aromatic carbocycles. The quantitative estimate of drug-likeness (QED) is 0.687. The molecule has 2 aliphatic heterocycles.